The Morgan fingerprint density at radius 3 is 1.81 bits per heavy atom. The lowest BCUT2D eigenvalue weighted by Gasteiger charge is -2.43. The average Bonchev–Trinajstić information content (AvgIpc) is 2.26. The fraction of sp³-hybridized carbons (Fsp3) is 1.00. The van der Waals surface area contributed by atoms with E-state index in [2.05, 4.69) is 6.92 Å². The maximum Gasteiger partial charge on any atom is 0.115 e. The molecule has 5 atom stereocenters. The minimum Gasteiger partial charge on any atom is -0.376 e. The second-order valence-electron chi connectivity index (χ2n) is 4.28. The molecule has 0 spiro atoms. The summed E-state index contributed by atoms with van der Waals surface area (Å²) in [6, 6.07) is 0. The third-order valence-electron chi connectivity index (χ3n) is 3.06. The predicted octanol–water partition coefficient (Wildman–Crippen LogP) is 1.62. The van der Waals surface area contributed by atoms with E-state index in [0.717, 1.165) is 13.0 Å². The van der Waals surface area contributed by atoms with E-state index in [0.29, 0.717) is 0 Å². The molecule has 1 aliphatic heterocycles. The van der Waals surface area contributed by atoms with Gasteiger partial charge in [-0.15, -0.1) is 0 Å². The Morgan fingerprint density at radius 1 is 0.938 bits per heavy atom. The van der Waals surface area contributed by atoms with E-state index in [9.17, 15) is 0 Å². The number of rotatable bonds is 5. The van der Waals surface area contributed by atoms with Crippen molar-refractivity contribution in [1.82, 2.24) is 0 Å². The predicted molar refractivity (Wildman–Crippen MR) is 61.6 cm³/mol. The number of methoxy groups -OCH3 is 2. The summed E-state index contributed by atoms with van der Waals surface area (Å²) < 4.78 is 22.6. The molecule has 16 heavy (non-hydrogen) atoms. The van der Waals surface area contributed by atoms with Crippen molar-refractivity contribution in [3.8, 4) is 0 Å². The maximum atomic E-state index is 5.85. The molecule has 1 fully saturated rings. The first-order chi connectivity index (χ1) is 7.65. The molecule has 0 amide bonds. The van der Waals surface area contributed by atoms with Crippen LogP contribution in [0.15, 0.2) is 0 Å². The van der Waals surface area contributed by atoms with Gasteiger partial charge in [-0.05, 0) is 20.3 Å². The fourth-order valence-corrected chi connectivity index (χ4v) is 2.31. The van der Waals surface area contributed by atoms with Gasteiger partial charge < -0.3 is 18.9 Å². The summed E-state index contributed by atoms with van der Waals surface area (Å²) in [6.45, 7) is 6.84. The highest BCUT2D eigenvalue weighted by atomic mass is 16.6. The summed E-state index contributed by atoms with van der Waals surface area (Å²) in [5.41, 5.74) is 0. The van der Waals surface area contributed by atoms with Gasteiger partial charge in [0.05, 0.1) is 12.2 Å². The summed E-state index contributed by atoms with van der Waals surface area (Å²) in [5, 5.41) is 0. The molecule has 1 rings (SSSR count). The second kappa shape index (κ2) is 6.55. The molecule has 0 aliphatic carbocycles. The molecule has 0 bridgehead atoms. The van der Waals surface area contributed by atoms with Crippen LogP contribution in [0.25, 0.3) is 0 Å². The quantitative estimate of drug-likeness (QED) is 0.722. The van der Waals surface area contributed by atoms with E-state index in [1.54, 1.807) is 14.2 Å². The summed E-state index contributed by atoms with van der Waals surface area (Å²) in [6.07, 6.45) is 0.892. The van der Waals surface area contributed by atoms with Crippen molar-refractivity contribution in [2.24, 2.45) is 0 Å². The average molecular weight is 232 g/mol. The van der Waals surface area contributed by atoms with Crippen molar-refractivity contribution in [3.63, 3.8) is 0 Å². The Hall–Kier alpha value is -0.160. The van der Waals surface area contributed by atoms with E-state index in [1.807, 2.05) is 13.8 Å². The van der Waals surface area contributed by atoms with Gasteiger partial charge in [0.1, 0.15) is 18.3 Å². The molecular weight excluding hydrogens is 208 g/mol. The first kappa shape index (κ1) is 13.9. The summed E-state index contributed by atoms with van der Waals surface area (Å²) in [7, 11) is 3.38. The Bertz CT molecular complexity index is 181. The van der Waals surface area contributed by atoms with Crippen LogP contribution < -0.4 is 0 Å². The van der Waals surface area contributed by atoms with Crippen molar-refractivity contribution >= 4 is 0 Å². The zero-order chi connectivity index (χ0) is 12.1. The lowest BCUT2D eigenvalue weighted by Crippen LogP contribution is -2.58. The zero-order valence-corrected chi connectivity index (χ0v) is 10.9. The van der Waals surface area contributed by atoms with E-state index in [1.165, 1.54) is 0 Å². The van der Waals surface area contributed by atoms with Crippen LogP contribution in [0, 0.1) is 0 Å². The van der Waals surface area contributed by atoms with Crippen molar-refractivity contribution in [3.05, 3.63) is 0 Å². The first-order valence-electron chi connectivity index (χ1n) is 5.98. The normalized spacial score (nSPS) is 39.9. The van der Waals surface area contributed by atoms with Crippen molar-refractivity contribution < 1.29 is 18.9 Å². The van der Waals surface area contributed by atoms with Crippen molar-refractivity contribution in [2.75, 3.05) is 20.8 Å². The fourth-order valence-electron chi connectivity index (χ4n) is 2.31. The molecule has 0 aromatic rings. The lowest BCUT2D eigenvalue weighted by atomic mass is 9.96. The molecule has 1 saturated heterocycles. The number of hydrogen-bond donors (Lipinski definition) is 0. The largest absolute Gasteiger partial charge is 0.376 e. The van der Waals surface area contributed by atoms with Gasteiger partial charge in [-0.3, -0.25) is 0 Å². The van der Waals surface area contributed by atoms with Crippen LogP contribution in [0.4, 0.5) is 0 Å². The van der Waals surface area contributed by atoms with Gasteiger partial charge in [0.25, 0.3) is 0 Å². The minimum absolute atomic E-state index is 0.0354. The summed E-state index contributed by atoms with van der Waals surface area (Å²) in [5.74, 6) is 0. The topological polar surface area (TPSA) is 36.9 Å². The standard InChI is InChI=1S/C12H24O4/c1-6-7-15-12-10(13-4)8(2)16-9(3)11(12)14-5/h8-12H,6-7H2,1-5H3/t8-,9?,10-,11-,12?/m0/s1. The molecule has 0 aromatic carbocycles. The Labute approximate surface area is 98.2 Å². The van der Waals surface area contributed by atoms with E-state index >= 15 is 0 Å². The minimum atomic E-state index is -0.0623. The molecule has 0 N–H and O–H groups in total. The van der Waals surface area contributed by atoms with Gasteiger partial charge in [0, 0.05) is 20.8 Å². The Balaban J connectivity index is 2.72. The molecule has 96 valence electrons. The molecule has 2 unspecified atom stereocenters. The van der Waals surface area contributed by atoms with E-state index in [-0.39, 0.29) is 30.5 Å². The molecule has 0 aromatic heterocycles. The monoisotopic (exact) mass is 232 g/mol. The van der Waals surface area contributed by atoms with Crippen LogP contribution in [0.2, 0.25) is 0 Å². The van der Waals surface area contributed by atoms with Crippen LogP contribution >= 0.6 is 0 Å². The smallest absolute Gasteiger partial charge is 0.115 e. The second-order valence-corrected chi connectivity index (χ2v) is 4.28. The number of ether oxygens (including phenoxy) is 4. The molecule has 1 heterocycles. The number of hydrogen-bond acceptors (Lipinski definition) is 4. The van der Waals surface area contributed by atoms with Crippen LogP contribution in [-0.4, -0.2) is 51.3 Å². The third-order valence-corrected chi connectivity index (χ3v) is 3.06. The van der Waals surface area contributed by atoms with Gasteiger partial charge >= 0.3 is 0 Å². The van der Waals surface area contributed by atoms with E-state index in [4.69, 9.17) is 18.9 Å². The van der Waals surface area contributed by atoms with Crippen LogP contribution in [0.1, 0.15) is 27.2 Å². The molecule has 4 nitrogen and oxygen atoms in total. The highest BCUT2D eigenvalue weighted by Gasteiger charge is 2.43. The van der Waals surface area contributed by atoms with Gasteiger partial charge in [-0.25, -0.2) is 0 Å². The lowest BCUT2D eigenvalue weighted by molar-refractivity contribution is -0.239. The highest BCUT2D eigenvalue weighted by molar-refractivity contribution is 4.92. The van der Waals surface area contributed by atoms with Crippen molar-refractivity contribution in [1.29, 1.82) is 0 Å². The third kappa shape index (κ3) is 2.94. The molecule has 4 heteroatoms. The molecular formula is C12H24O4. The SMILES string of the molecule is CCCOC1[C@@H](OC)C(C)O[C@@H](C)[C@@H]1OC. The van der Waals surface area contributed by atoms with E-state index < -0.39 is 0 Å². The van der Waals surface area contributed by atoms with Crippen LogP contribution in [-0.2, 0) is 18.9 Å². The van der Waals surface area contributed by atoms with Crippen molar-refractivity contribution in [2.45, 2.75) is 57.7 Å². The Morgan fingerprint density at radius 2 is 1.44 bits per heavy atom. The van der Waals surface area contributed by atoms with Gasteiger partial charge in [0.15, 0.2) is 0 Å². The molecule has 0 saturated carbocycles. The van der Waals surface area contributed by atoms with Crippen LogP contribution in [0.3, 0.4) is 0 Å². The van der Waals surface area contributed by atoms with Gasteiger partial charge in [-0.2, -0.15) is 0 Å². The van der Waals surface area contributed by atoms with Crippen LogP contribution in [0.5, 0.6) is 0 Å². The Kier molecular flexibility index (Phi) is 5.69. The van der Waals surface area contributed by atoms with Gasteiger partial charge in [0.2, 0.25) is 0 Å². The summed E-state index contributed by atoms with van der Waals surface area (Å²) >= 11 is 0. The highest BCUT2D eigenvalue weighted by Crippen LogP contribution is 2.26. The maximum absolute atomic E-state index is 5.85. The molecule has 1 aliphatic rings. The molecule has 0 radical (unpaired) electrons. The first-order valence-corrected chi connectivity index (χ1v) is 5.98. The van der Waals surface area contributed by atoms with Gasteiger partial charge in [-0.1, -0.05) is 6.92 Å². The summed E-state index contributed by atoms with van der Waals surface area (Å²) in [4.78, 5) is 0. The zero-order valence-electron chi connectivity index (χ0n) is 10.9.